The lowest BCUT2D eigenvalue weighted by molar-refractivity contribution is -0.135. The maximum atomic E-state index is 13.4. The van der Waals surface area contributed by atoms with Gasteiger partial charge < -0.3 is 24.8 Å². The van der Waals surface area contributed by atoms with E-state index in [1.54, 1.807) is 49.0 Å². The number of carbonyl (C=O) groups is 2. The van der Waals surface area contributed by atoms with Crippen LogP contribution in [0.3, 0.4) is 0 Å². The number of anilines is 1. The van der Waals surface area contributed by atoms with Gasteiger partial charge >= 0.3 is 0 Å². The number of hydrogen-bond acceptors (Lipinski definition) is 6. The topological polar surface area (TPSA) is 106 Å². The summed E-state index contributed by atoms with van der Waals surface area (Å²) in [4.78, 5) is 27.9. The lowest BCUT2D eigenvalue weighted by Crippen LogP contribution is -2.48. The van der Waals surface area contributed by atoms with Gasteiger partial charge in [-0.1, -0.05) is 29.3 Å². The van der Waals surface area contributed by atoms with E-state index in [4.69, 9.17) is 32.7 Å². The Morgan fingerprint density at radius 1 is 1.33 bits per heavy atom. The standard InChI is InChI=1S/C25H30Cl2N4O5/c1-25(2,34)15-30-10-9-21(29-30)28-24(33)19(12-16-6-3-4-11-35-16)31-14-17(13-22(31)32)36-20-8-5-7-18(26)23(20)27/h5,7-10,13,16,19,34H,3-4,6,11-12,14-15H2,1-2H3,(H,28,29,33)/t16-,19?/m0/s1. The number of carbonyl (C=O) groups excluding carboxylic acids is 2. The highest BCUT2D eigenvalue weighted by Crippen LogP contribution is 2.34. The molecule has 0 radical (unpaired) electrons. The Labute approximate surface area is 219 Å². The second-order valence-corrected chi connectivity index (χ2v) is 10.5. The van der Waals surface area contributed by atoms with E-state index >= 15 is 0 Å². The maximum absolute atomic E-state index is 13.4. The van der Waals surface area contributed by atoms with E-state index in [1.807, 2.05) is 0 Å². The number of halogens is 2. The Morgan fingerprint density at radius 2 is 2.14 bits per heavy atom. The normalized spacial score (nSPS) is 19.2. The Kier molecular flexibility index (Phi) is 8.24. The van der Waals surface area contributed by atoms with Crippen LogP contribution in [0, 0.1) is 0 Å². The Hall–Kier alpha value is -2.59. The van der Waals surface area contributed by atoms with Crippen LogP contribution in [0.2, 0.25) is 10.0 Å². The fourth-order valence-electron chi connectivity index (χ4n) is 4.28. The molecule has 3 heterocycles. The maximum Gasteiger partial charge on any atom is 0.251 e. The van der Waals surface area contributed by atoms with E-state index in [0.717, 1.165) is 19.3 Å². The van der Waals surface area contributed by atoms with Gasteiger partial charge in [-0.2, -0.15) is 5.10 Å². The summed E-state index contributed by atoms with van der Waals surface area (Å²) in [5, 5.41) is 17.8. The lowest BCUT2D eigenvalue weighted by atomic mass is 10.00. The van der Waals surface area contributed by atoms with Gasteiger partial charge in [-0.25, -0.2) is 0 Å². The molecule has 194 valence electrons. The van der Waals surface area contributed by atoms with Crippen LogP contribution in [0.1, 0.15) is 39.5 Å². The number of ether oxygens (including phenoxy) is 2. The van der Waals surface area contributed by atoms with Crippen LogP contribution in [-0.4, -0.2) is 62.5 Å². The number of nitrogens with one attached hydrogen (secondary N) is 1. The fraction of sp³-hybridized carbons (Fsp3) is 0.480. The van der Waals surface area contributed by atoms with Crippen LogP contribution in [0.5, 0.6) is 5.75 Å². The average Bonchev–Trinajstić information content (AvgIpc) is 3.40. The molecule has 11 heteroatoms. The van der Waals surface area contributed by atoms with Crippen molar-refractivity contribution in [1.82, 2.24) is 14.7 Å². The van der Waals surface area contributed by atoms with Crippen molar-refractivity contribution in [3.63, 3.8) is 0 Å². The van der Waals surface area contributed by atoms with Gasteiger partial charge in [0.2, 0.25) is 5.91 Å². The smallest absolute Gasteiger partial charge is 0.251 e. The molecule has 4 rings (SSSR count). The zero-order chi connectivity index (χ0) is 25.9. The second-order valence-electron chi connectivity index (χ2n) is 9.67. The molecular formula is C25H30Cl2N4O5. The molecular weight excluding hydrogens is 507 g/mol. The molecule has 0 bridgehead atoms. The summed E-state index contributed by atoms with van der Waals surface area (Å²) >= 11 is 12.3. The molecule has 1 fully saturated rings. The third kappa shape index (κ3) is 6.79. The van der Waals surface area contributed by atoms with Crippen molar-refractivity contribution in [2.75, 3.05) is 18.5 Å². The van der Waals surface area contributed by atoms with Crippen molar-refractivity contribution in [1.29, 1.82) is 0 Å². The minimum Gasteiger partial charge on any atom is -0.458 e. The highest BCUT2D eigenvalue weighted by atomic mass is 35.5. The molecule has 1 aromatic carbocycles. The number of aliphatic hydroxyl groups is 1. The van der Waals surface area contributed by atoms with Crippen molar-refractivity contribution in [2.45, 2.75) is 63.8 Å². The van der Waals surface area contributed by atoms with Gasteiger partial charge in [-0.15, -0.1) is 0 Å². The van der Waals surface area contributed by atoms with E-state index in [2.05, 4.69) is 10.4 Å². The lowest BCUT2D eigenvalue weighted by Gasteiger charge is -2.31. The van der Waals surface area contributed by atoms with Gasteiger partial charge in [-0.05, 0) is 45.2 Å². The van der Waals surface area contributed by atoms with Gasteiger partial charge in [-0.3, -0.25) is 14.3 Å². The number of hydrogen-bond donors (Lipinski definition) is 2. The van der Waals surface area contributed by atoms with E-state index in [1.165, 1.54) is 11.0 Å². The minimum absolute atomic E-state index is 0.0968. The highest BCUT2D eigenvalue weighted by Gasteiger charge is 2.37. The first-order chi connectivity index (χ1) is 17.1. The molecule has 1 saturated heterocycles. The summed E-state index contributed by atoms with van der Waals surface area (Å²) in [5.41, 5.74) is -0.954. The van der Waals surface area contributed by atoms with Crippen LogP contribution in [0.15, 0.2) is 42.3 Å². The predicted octanol–water partition coefficient (Wildman–Crippen LogP) is 4.03. The van der Waals surface area contributed by atoms with Crippen LogP contribution < -0.4 is 10.1 Å². The highest BCUT2D eigenvalue weighted by molar-refractivity contribution is 6.42. The van der Waals surface area contributed by atoms with Crippen molar-refractivity contribution in [3.8, 4) is 5.75 Å². The zero-order valence-corrected chi connectivity index (χ0v) is 21.8. The zero-order valence-electron chi connectivity index (χ0n) is 20.2. The van der Waals surface area contributed by atoms with E-state index in [9.17, 15) is 14.7 Å². The predicted molar refractivity (Wildman–Crippen MR) is 136 cm³/mol. The monoisotopic (exact) mass is 536 g/mol. The fourth-order valence-corrected chi connectivity index (χ4v) is 4.61. The quantitative estimate of drug-likeness (QED) is 0.501. The number of nitrogens with zero attached hydrogens (tertiary/aromatic N) is 3. The summed E-state index contributed by atoms with van der Waals surface area (Å²) in [7, 11) is 0. The molecule has 2 aliphatic rings. The summed E-state index contributed by atoms with van der Waals surface area (Å²) in [6, 6.07) is 5.85. The SMILES string of the molecule is CC(C)(O)Cn1ccc(NC(=O)C(C[C@@H]2CCCCO2)N2CC(Oc3cccc(Cl)c3Cl)=CC2=O)n1. The largest absolute Gasteiger partial charge is 0.458 e. The number of benzene rings is 1. The van der Waals surface area contributed by atoms with Crippen molar-refractivity contribution in [3.05, 3.63) is 52.3 Å². The number of amides is 2. The average molecular weight is 537 g/mol. The van der Waals surface area contributed by atoms with Crippen molar-refractivity contribution >= 4 is 40.8 Å². The summed E-state index contributed by atoms with van der Waals surface area (Å²) in [5.74, 6) is 0.314. The molecule has 2 aliphatic heterocycles. The number of aromatic nitrogens is 2. The summed E-state index contributed by atoms with van der Waals surface area (Å²) in [6.45, 7) is 4.35. The van der Waals surface area contributed by atoms with Gasteiger partial charge in [0.1, 0.15) is 22.6 Å². The van der Waals surface area contributed by atoms with Crippen LogP contribution >= 0.6 is 23.2 Å². The Morgan fingerprint density at radius 3 is 2.86 bits per heavy atom. The first-order valence-electron chi connectivity index (χ1n) is 11.9. The van der Waals surface area contributed by atoms with Crippen molar-refractivity contribution in [2.24, 2.45) is 0 Å². The number of rotatable bonds is 9. The second kappa shape index (κ2) is 11.2. The van der Waals surface area contributed by atoms with Crippen LogP contribution in [-0.2, 0) is 20.9 Å². The van der Waals surface area contributed by atoms with Gasteiger partial charge in [0.25, 0.3) is 5.91 Å². The molecule has 2 amide bonds. The van der Waals surface area contributed by atoms with Crippen LogP contribution in [0.4, 0.5) is 5.82 Å². The van der Waals surface area contributed by atoms with E-state index in [0.29, 0.717) is 35.4 Å². The molecule has 0 saturated carbocycles. The van der Waals surface area contributed by atoms with Gasteiger partial charge in [0.05, 0.1) is 29.8 Å². The molecule has 2 atom stereocenters. The molecule has 0 aliphatic carbocycles. The first kappa shape index (κ1) is 26.5. The molecule has 1 unspecified atom stereocenters. The molecule has 1 aromatic heterocycles. The third-order valence-electron chi connectivity index (χ3n) is 5.93. The van der Waals surface area contributed by atoms with Gasteiger partial charge in [0, 0.05) is 31.4 Å². The minimum atomic E-state index is -0.954. The van der Waals surface area contributed by atoms with E-state index < -0.39 is 11.6 Å². The molecule has 36 heavy (non-hydrogen) atoms. The first-order valence-corrected chi connectivity index (χ1v) is 12.7. The van der Waals surface area contributed by atoms with Crippen LogP contribution in [0.25, 0.3) is 0 Å². The summed E-state index contributed by atoms with van der Waals surface area (Å²) in [6.07, 6.45) is 6.06. The van der Waals surface area contributed by atoms with Crippen molar-refractivity contribution < 1.29 is 24.2 Å². The molecule has 2 aromatic rings. The van der Waals surface area contributed by atoms with E-state index in [-0.39, 0.29) is 36.0 Å². The molecule has 9 nitrogen and oxygen atoms in total. The van der Waals surface area contributed by atoms with Gasteiger partial charge in [0.15, 0.2) is 5.82 Å². The molecule has 2 N–H and O–H groups in total. The summed E-state index contributed by atoms with van der Waals surface area (Å²) < 4.78 is 13.3. The third-order valence-corrected chi connectivity index (χ3v) is 6.73. The Bertz CT molecular complexity index is 1140. The Balaban J connectivity index is 1.48. The molecule has 0 spiro atoms.